The summed E-state index contributed by atoms with van der Waals surface area (Å²) in [4.78, 5) is 25.0. The fraction of sp³-hybridized carbons (Fsp3) is 0.238. The number of aromatic nitrogens is 3. The van der Waals surface area contributed by atoms with Gasteiger partial charge in [-0.2, -0.15) is 0 Å². The number of carbonyl (C=O) groups excluding carboxylic acids is 2. The van der Waals surface area contributed by atoms with E-state index in [9.17, 15) is 9.59 Å². The molecule has 162 valence electrons. The van der Waals surface area contributed by atoms with Gasteiger partial charge in [-0.3, -0.25) is 9.59 Å². The van der Waals surface area contributed by atoms with E-state index < -0.39 is 5.91 Å². The molecular weight excluding hydrogens is 400 g/mol. The lowest BCUT2D eigenvalue weighted by Crippen LogP contribution is -2.21. The molecule has 4 N–H and O–H groups in total. The molecule has 31 heavy (non-hydrogen) atoms. The molecule has 0 radical (unpaired) electrons. The van der Waals surface area contributed by atoms with Crippen molar-refractivity contribution in [2.24, 2.45) is 0 Å². The quantitative estimate of drug-likeness (QED) is 0.530. The summed E-state index contributed by atoms with van der Waals surface area (Å²) in [6.45, 7) is 3.70. The summed E-state index contributed by atoms with van der Waals surface area (Å²) >= 11 is 0. The Hall–Kier alpha value is -4.08. The SMILES string of the molecule is COc1cc(NC(=O)c2nnn(CC(=O)Nc3cc(C)cc(C)c3)c2N)cc(OC)c1. The number of aryl methyl sites for hydroxylation is 2. The van der Waals surface area contributed by atoms with Gasteiger partial charge in [-0.25, -0.2) is 4.68 Å². The molecule has 0 aliphatic rings. The second-order valence-electron chi connectivity index (χ2n) is 6.96. The zero-order valence-corrected chi connectivity index (χ0v) is 17.7. The van der Waals surface area contributed by atoms with Crippen LogP contribution in [-0.4, -0.2) is 41.0 Å². The van der Waals surface area contributed by atoms with Crippen LogP contribution in [0, 0.1) is 13.8 Å². The van der Waals surface area contributed by atoms with Gasteiger partial charge in [-0.15, -0.1) is 5.10 Å². The molecule has 3 aromatic rings. The smallest absolute Gasteiger partial charge is 0.280 e. The van der Waals surface area contributed by atoms with Crippen LogP contribution in [0.2, 0.25) is 0 Å². The molecule has 10 heteroatoms. The maximum atomic E-state index is 12.6. The van der Waals surface area contributed by atoms with E-state index in [1.165, 1.54) is 18.9 Å². The lowest BCUT2D eigenvalue weighted by molar-refractivity contribution is -0.116. The van der Waals surface area contributed by atoms with Gasteiger partial charge >= 0.3 is 0 Å². The van der Waals surface area contributed by atoms with E-state index in [0.717, 1.165) is 11.1 Å². The molecule has 3 rings (SSSR count). The third kappa shape index (κ3) is 5.30. The minimum absolute atomic E-state index is 0.0251. The maximum Gasteiger partial charge on any atom is 0.280 e. The first kappa shape index (κ1) is 21.6. The summed E-state index contributed by atoms with van der Waals surface area (Å²) in [7, 11) is 3.01. The molecule has 0 unspecified atom stereocenters. The summed E-state index contributed by atoms with van der Waals surface area (Å²) in [5.41, 5.74) is 9.08. The van der Waals surface area contributed by atoms with Gasteiger partial charge in [0.1, 0.15) is 18.0 Å². The van der Waals surface area contributed by atoms with Crippen molar-refractivity contribution in [2.75, 3.05) is 30.6 Å². The van der Waals surface area contributed by atoms with Crippen LogP contribution >= 0.6 is 0 Å². The zero-order chi connectivity index (χ0) is 22.5. The fourth-order valence-electron chi connectivity index (χ4n) is 3.05. The molecule has 0 saturated heterocycles. The van der Waals surface area contributed by atoms with Crippen LogP contribution in [-0.2, 0) is 11.3 Å². The predicted molar refractivity (Wildman–Crippen MR) is 116 cm³/mol. The van der Waals surface area contributed by atoms with Gasteiger partial charge in [0.25, 0.3) is 5.91 Å². The summed E-state index contributed by atoms with van der Waals surface area (Å²) in [5.74, 6) is 0.0754. The molecule has 0 aliphatic heterocycles. The van der Waals surface area contributed by atoms with Crippen LogP contribution in [0.5, 0.6) is 11.5 Å². The molecule has 1 aromatic heterocycles. The van der Waals surface area contributed by atoms with Crippen molar-refractivity contribution in [1.29, 1.82) is 0 Å². The number of nitrogens with two attached hydrogens (primary N) is 1. The van der Waals surface area contributed by atoms with E-state index in [1.54, 1.807) is 18.2 Å². The molecule has 2 amide bonds. The summed E-state index contributed by atoms with van der Waals surface area (Å²) in [6, 6.07) is 10.6. The standard InChI is InChI=1S/C21H24N6O4/c1-12-5-13(2)7-14(6-12)23-18(28)11-27-20(22)19(25-26-27)21(29)24-15-8-16(30-3)10-17(9-15)31-4/h5-10H,11,22H2,1-4H3,(H,23,28)(H,24,29). The normalized spacial score (nSPS) is 10.5. The number of rotatable bonds is 7. The Labute approximate surface area is 179 Å². The number of amides is 2. The number of nitrogens with zero attached hydrogens (tertiary/aromatic N) is 3. The van der Waals surface area contributed by atoms with E-state index >= 15 is 0 Å². The second kappa shape index (κ2) is 9.16. The van der Waals surface area contributed by atoms with Gasteiger partial charge in [0.15, 0.2) is 11.5 Å². The van der Waals surface area contributed by atoms with Crippen LogP contribution in [0.1, 0.15) is 21.6 Å². The monoisotopic (exact) mass is 424 g/mol. The van der Waals surface area contributed by atoms with Crippen LogP contribution in [0.4, 0.5) is 17.2 Å². The Balaban J connectivity index is 1.70. The van der Waals surface area contributed by atoms with Crippen molar-refractivity contribution in [3.63, 3.8) is 0 Å². The molecule has 1 heterocycles. The van der Waals surface area contributed by atoms with E-state index in [2.05, 4.69) is 20.9 Å². The largest absolute Gasteiger partial charge is 0.497 e. The van der Waals surface area contributed by atoms with Crippen molar-refractivity contribution < 1.29 is 19.1 Å². The molecule has 0 spiro atoms. The van der Waals surface area contributed by atoms with Crippen molar-refractivity contribution >= 4 is 29.0 Å². The second-order valence-corrected chi connectivity index (χ2v) is 6.96. The molecule has 0 bridgehead atoms. The van der Waals surface area contributed by atoms with E-state index in [1.807, 2.05) is 32.0 Å². The van der Waals surface area contributed by atoms with Gasteiger partial charge in [0.2, 0.25) is 5.91 Å². The van der Waals surface area contributed by atoms with Crippen LogP contribution < -0.4 is 25.8 Å². The molecule has 10 nitrogen and oxygen atoms in total. The number of methoxy groups -OCH3 is 2. The maximum absolute atomic E-state index is 12.6. The number of benzene rings is 2. The topological polar surface area (TPSA) is 133 Å². The van der Waals surface area contributed by atoms with Crippen LogP contribution in [0.25, 0.3) is 0 Å². The fourth-order valence-corrected chi connectivity index (χ4v) is 3.05. The number of hydrogen-bond acceptors (Lipinski definition) is 7. The Bertz CT molecular complexity index is 1080. The minimum Gasteiger partial charge on any atom is -0.497 e. The first-order chi connectivity index (χ1) is 14.8. The van der Waals surface area contributed by atoms with Crippen molar-refractivity contribution in [1.82, 2.24) is 15.0 Å². The summed E-state index contributed by atoms with van der Waals surface area (Å²) < 4.78 is 11.5. The molecule has 0 fully saturated rings. The average Bonchev–Trinajstić information content (AvgIpc) is 3.06. The van der Waals surface area contributed by atoms with Gasteiger partial charge in [0.05, 0.1) is 14.2 Å². The van der Waals surface area contributed by atoms with Crippen LogP contribution in [0.15, 0.2) is 36.4 Å². The molecule has 0 atom stereocenters. The average molecular weight is 424 g/mol. The lowest BCUT2D eigenvalue weighted by Gasteiger charge is -2.09. The Morgan fingerprint density at radius 1 is 0.935 bits per heavy atom. The Morgan fingerprint density at radius 3 is 2.10 bits per heavy atom. The highest BCUT2D eigenvalue weighted by molar-refractivity contribution is 6.06. The summed E-state index contributed by atoms with van der Waals surface area (Å²) in [5, 5.41) is 13.1. The number of hydrogen-bond donors (Lipinski definition) is 3. The number of carbonyl (C=O) groups is 2. The first-order valence-electron chi connectivity index (χ1n) is 9.40. The molecule has 2 aromatic carbocycles. The third-order valence-electron chi connectivity index (χ3n) is 4.40. The van der Waals surface area contributed by atoms with Gasteiger partial charge in [-0.1, -0.05) is 11.3 Å². The molecule has 0 saturated carbocycles. The van der Waals surface area contributed by atoms with E-state index in [-0.39, 0.29) is 24.0 Å². The number of nitrogen functional groups attached to an aromatic ring is 1. The first-order valence-corrected chi connectivity index (χ1v) is 9.40. The highest BCUT2D eigenvalue weighted by Crippen LogP contribution is 2.26. The molecular formula is C21H24N6O4. The van der Waals surface area contributed by atoms with Crippen LogP contribution in [0.3, 0.4) is 0 Å². The molecule has 0 aliphatic carbocycles. The number of anilines is 3. The van der Waals surface area contributed by atoms with Crippen molar-refractivity contribution in [3.8, 4) is 11.5 Å². The Kier molecular flexibility index (Phi) is 6.39. The lowest BCUT2D eigenvalue weighted by atomic mass is 10.1. The predicted octanol–water partition coefficient (Wildman–Crippen LogP) is 2.39. The Morgan fingerprint density at radius 2 is 1.52 bits per heavy atom. The van der Waals surface area contributed by atoms with E-state index in [0.29, 0.717) is 22.9 Å². The van der Waals surface area contributed by atoms with E-state index in [4.69, 9.17) is 15.2 Å². The zero-order valence-electron chi connectivity index (χ0n) is 17.7. The minimum atomic E-state index is -0.575. The number of nitrogens with one attached hydrogen (secondary N) is 2. The summed E-state index contributed by atoms with van der Waals surface area (Å²) in [6.07, 6.45) is 0. The van der Waals surface area contributed by atoms with Gasteiger partial charge in [0, 0.05) is 29.6 Å². The third-order valence-corrected chi connectivity index (χ3v) is 4.40. The number of ether oxygens (including phenoxy) is 2. The van der Waals surface area contributed by atoms with Gasteiger partial charge in [-0.05, 0) is 37.1 Å². The highest BCUT2D eigenvalue weighted by Gasteiger charge is 2.20. The van der Waals surface area contributed by atoms with Crippen molar-refractivity contribution in [3.05, 3.63) is 53.2 Å². The van der Waals surface area contributed by atoms with Gasteiger partial charge < -0.3 is 25.8 Å². The highest BCUT2D eigenvalue weighted by atomic mass is 16.5. The van der Waals surface area contributed by atoms with Crippen molar-refractivity contribution in [2.45, 2.75) is 20.4 Å².